The normalized spacial score (nSPS) is 13.1. The second-order valence-electron chi connectivity index (χ2n) is 6.39. The number of hydrogen-bond acceptors (Lipinski definition) is 4. The van der Waals surface area contributed by atoms with Crippen molar-refractivity contribution in [2.45, 2.75) is 0 Å². The first kappa shape index (κ1) is 17.9. The highest BCUT2D eigenvalue weighted by molar-refractivity contribution is 6.12. The van der Waals surface area contributed by atoms with Crippen LogP contribution in [0.25, 0.3) is 10.8 Å². The zero-order valence-corrected chi connectivity index (χ0v) is 15.9. The summed E-state index contributed by atoms with van der Waals surface area (Å²) in [5.74, 6) is 0.856. The van der Waals surface area contributed by atoms with Crippen LogP contribution in [0.3, 0.4) is 0 Å². The monoisotopic (exact) mass is 386 g/mol. The Morgan fingerprint density at radius 2 is 1.25 bits per heavy atom. The summed E-state index contributed by atoms with van der Waals surface area (Å²) in [4.78, 5) is 0. The summed E-state index contributed by atoms with van der Waals surface area (Å²) in [6.45, 7) is 0. The van der Waals surface area contributed by atoms with Gasteiger partial charge in [-0.25, -0.2) is 5.01 Å². The smallest absolute Gasteiger partial charge is 0.182 e. The average molecular weight is 387 g/mol. The van der Waals surface area contributed by atoms with Crippen LogP contribution in [0.2, 0.25) is 0 Å². The Balaban J connectivity index is 0.00000192. The van der Waals surface area contributed by atoms with E-state index in [0.717, 1.165) is 22.8 Å². The fourth-order valence-electron chi connectivity index (χ4n) is 3.34. The van der Waals surface area contributed by atoms with Crippen molar-refractivity contribution < 1.29 is 0 Å². The molecule has 0 amide bonds. The lowest BCUT2D eigenvalue weighted by atomic mass is 10.1. The van der Waals surface area contributed by atoms with Crippen molar-refractivity contribution in [1.82, 2.24) is 5.53 Å². The fraction of sp³-hybridized carbons (Fsp3) is 0. The van der Waals surface area contributed by atoms with E-state index >= 15 is 0 Å². The van der Waals surface area contributed by atoms with Crippen LogP contribution >= 0.6 is 12.4 Å². The molecule has 0 atom stereocenters. The van der Waals surface area contributed by atoms with Crippen LogP contribution in [0.15, 0.2) is 108 Å². The quantitative estimate of drug-likeness (QED) is 0.513. The average Bonchev–Trinajstić information content (AvgIpc) is 3.20. The minimum Gasteiger partial charge on any atom is -0.213 e. The molecule has 4 aromatic rings. The third-order valence-electron chi connectivity index (χ3n) is 4.66. The van der Waals surface area contributed by atoms with Gasteiger partial charge in [0.2, 0.25) is 0 Å². The van der Waals surface area contributed by atoms with Gasteiger partial charge in [0.15, 0.2) is 5.84 Å². The molecule has 0 radical (unpaired) electrons. The first-order valence-electron chi connectivity index (χ1n) is 8.93. The molecule has 4 aromatic carbocycles. The molecule has 4 nitrogen and oxygen atoms in total. The van der Waals surface area contributed by atoms with E-state index in [1.54, 1.807) is 0 Å². The fourth-order valence-corrected chi connectivity index (χ4v) is 3.34. The van der Waals surface area contributed by atoms with Crippen molar-refractivity contribution in [3.63, 3.8) is 0 Å². The van der Waals surface area contributed by atoms with Crippen LogP contribution in [-0.4, -0.2) is 5.84 Å². The van der Waals surface area contributed by atoms with Crippen LogP contribution < -0.4 is 15.7 Å². The van der Waals surface area contributed by atoms with E-state index in [4.69, 9.17) is 0 Å². The molecule has 28 heavy (non-hydrogen) atoms. The Kier molecular flexibility index (Phi) is 4.87. The van der Waals surface area contributed by atoms with Crippen LogP contribution in [0, 0.1) is 0 Å². The van der Waals surface area contributed by atoms with Gasteiger partial charge >= 0.3 is 0 Å². The van der Waals surface area contributed by atoms with Crippen LogP contribution in [0.5, 0.6) is 0 Å². The maximum Gasteiger partial charge on any atom is 0.182 e. The Hall–Kier alpha value is -3.50. The van der Waals surface area contributed by atoms with Crippen molar-refractivity contribution in [3.05, 3.63) is 109 Å². The van der Waals surface area contributed by atoms with Crippen LogP contribution in [-0.2, 0) is 0 Å². The minimum absolute atomic E-state index is 0. The van der Waals surface area contributed by atoms with Gasteiger partial charge in [0.1, 0.15) is 0 Å². The van der Waals surface area contributed by atoms with Gasteiger partial charge in [-0.05, 0) is 35.0 Å². The van der Waals surface area contributed by atoms with Crippen LogP contribution in [0.1, 0.15) is 5.56 Å². The summed E-state index contributed by atoms with van der Waals surface area (Å²) in [6, 6.07) is 35.3. The largest absolute Gasteiger partial charge is 0.213 e. The van der Waals surface area contributed by atoms with Gasteiger partial charge in [0.25, 0.3) is 0 Å². The van der Waals surface area contributed by atoms with Crippen molar-refractivity contribution in [1.29, 1.82) is 0 Å². The topological polar surface area (TPSA) is 30.9 Å². The van der Waals surface area contributed by atoms with Gasteiger partial charge < -0.3 is 0 Å². The summed E-state index contributed by atoms with van der Waals surface area (Å²) >= 11 is 0. The molecule has 5 heteroatoms. The van der Waals surface area contributed by atoms with Gasteiger partial charge in [-0.15, -0.1) is 17.5 Å². The minimum atomic E-state index is 0. The van der Waals surface area contributed by atoms with Crippen molar-refractivity contribution in [3.8, 4) is 0 Å². The predicted molar refractivity (Wildman–Crippen MR) is 119 cm³/mol. The van der Waals surface area contributed by atoms with E-state index in [2.05, 4.69) is 82.4 Å². The van der Waals surface area contributed by atoms with E-state index < -0.39 is 0 Å². The predicted octanol–water partition coefficient (Wildman–Crippen LogP) is 5.37. The Labute approximate surface area is 170 Å². The number of nitrogens with zero attached hydrogens (tertiary/aromatic N) is 3. The Bertz CT molecular complexity index is 1110. The first-order chi connectivity index (χ1) is 13.4. The standard InChI is InChI=1S/C23H18N4.ClH/c1-3-10-19(11-4-1)23-24-25-27(21-13-5-2-6-14-21)26(23)22-16-15-18-9-7-8-12-20(18)17-22;/h1-17,25H;1H. The Morgan fingerprint density at radius 3 is 2.00 bits per heavy atom. The number of hydrazone groups is 1. The molecule has 0 aromatic heterocycles. The lowest BCUT2D eigenvalue weighted by Gasteiger charge is -2.31. The zero-order valence-electron chi connectivity index (χ0n) is 15.1. The number of fused-ring (bicyclic) bond motifs is 1. The number of anilines is 2. The Morgan fingerprint density at radius 1 is 0.607 bits per heavy atom. The number of para-hydroxylation sites is 1. The number of amidine groups is 1. The SMILES string of the molecule is Cl.c1ccc(C2=NNN(c3ccccc3)N2c2ccc3ccccc3c2)cc1. The number of nitrogens with one attached hydrogen (secondary N) is 1. The number of halogens is 1. The lowest BCUT2D eigenvalue weighted by Crippen LogP contribution is -2.46. The number of benzene rings is 4. The summed E-state index contributed by atoms with van der Waals surface area (Å²) in [7, 11) is 0. The van der Waals surface area contributed by atoms with Gasteiger partial charge in [0, 0.05) is 5.56 Å². The van der Waals surface area contributed by atoms with Gasteiger partial charge in [-0.2, -0.15) is 10.7 Å². The van der Waals surface area contributed by atoms with Gasteiger partial charge in [-0.1, -0.05) is 78.9 Å². The second kappa shape index (κ2) is 7.62. The van der Waals surface area contributed by atoms with Crippen molar-refractivity contribution in [2.75, 3.05) is 10.1 Å². The summed E-state index contributed by atoms with van der Waals surface area (Å²) < 4.78 is 0. The molecule has 1 aliphatic rings. The van der Waals surface area contributed by atoms with Gasteiger partial charge in [-0.3, -0.25) is 0 Å². The summed E-state index contributed by atoms with van der Waals surface area (Å²) in [6.07, 6.45) is 0. The molecule has 0 unspecified atom stereocenters. The highest BCUT2D eigenvalue weighted by atomic mass is 35.5. The summed E-state index contributed by atoms with van der Waals surface area (Å²) in [5.41, 5.74) is 6.28. The molecule has 0 saturated carbocycles. The van der Waals surface area contributed by atoms with E-state index in [-0.39, 0.29) is 12.4 Å². The summed E-state index contributed by atoms with van der Waals surface area (Å²) in [5, 5.41) is 11.1. The molecule has 1 N–H and O–H groups in total. The third kappa shape index (κ3) is 3.15. The highest BCUT2D eigenvalue weighted by Crippen LogP contribution is 2.29. The molecule has 1 aliphatic heterocycles. The molecule has 1 heterocycles. The third-order valence-corrected chi connectivity index (χ3v) is 4.66. The first-order valence-corrected chi connectivity index (χ1v) is 8.93. The lowest BCUT2D eigenvalue weighted by molar-refractivity contribution is 0.723. The van der Waals surface area contributed by atoms with E-state index in [9.17, 15) is 0 Å². The number of rotatable bonds is 3. The number of hydrazine groups is 2. The van der Waals surface area contributed by atoms with E-state index in [1.807, 2.05) is 41.5 Å². The molecule has 0 aliphatic carbocycles. The van der Waals surface area contributed by atoms with E-state index in [1.165, 1.54) is 10.8 Å². The molecule has 138 valence electrons. The molecule has 0 saturated heterocycles. The second-order valence-corrected chi connectivity index (χ2v) is 6.39. The number of hydrogen-bond donors (Lipinski definition) is 1. The maximum atomic E-state index is 4.62. The molecule has 5 rings (SSSR count). The molecular formula is C23H19ClN4. The molecular weight excluding hydrogens is 368 g/mol. The zero-order chi connectivity index (χ0) is 18.1. The van der Waals surface area contributed by atoms with Crippen molar-refractivity contribution >= 4 is 40.4 Å². The molecule has 0 bridgehead atoms. The van der Waals surface area contributed by atoms with Gasteiger partial charge in [0.05, 0.1) is 11.4 Å². The maximum absolute atomic E-state index is 4.62. The van der Waals surface area contributed by atoms with E-state index in [0.29, 0.717) is 0 Å². The molecule has 0 fully saturated rings. The highest BCUT2D eigenvalue weighted by Gasteiger charge is 2.29. The van der Waals surface area contributed by atoms with Crippen LogP contribution in [0.4, 0.5) is 11.4 Å². The van der Waals surface area contributed by atoms with Crippen molar-refractivity contribution in [2.24, 2.45) is 5.10 Å². The molecule has 0 spiro atoms.